The molecule has 0 spiro atoms. The van der Waals surface area contributed by atoms with Crippen molar-refractivity contribution in [3.63, 3.8) is 0 Å². The van der Waals surface area contributed by atoms with E-state index in [0.29, 0.717) is 5.95 Å². The lowest BCUT2D eigenvalue weighted by atomic mass is 9.89. The number of carbonyl (C=O) groups is 1. The monoisotopic (exact) mass is 488 g/mol. The second kappa shape index (κ2) is 9.92. The van der Waals surface area contributed by atoms with Crippen molar-refractivity contribution in [3.05, 3.63) is 87.4 Å². The Morgan fingerprint density at radius 1 is 1.09 bits per heavy atom. The van der Waals surface area contributed by atoms with Crippen LogP contribution in [0.2, 0.25) is 0 Å². The summed E-state index contributed by atoms with van der Waals surface area (Å²) < 4.78 is 10.7. The molecule has 1 unspecified atom stereocenters. The number of rotatable bonds is 7. The van der Waals surface area contributed by atoms with Crippen LogP contribution in [0, 0.1) is 13.8 Å². The van der Waals surface area contributed by atoms with Crippen LogP contribution in [-0.4, -0.2) is 23.0 Å². The molecule has 4 aromatic rings. The number of amides is 1. The Balaban J connectivity index is 1.62. The summed E-state index contributed by atoms with van der Waals surface area (Å²) in [5.41, 5.74) is 5.19. The lowest BCUT2D eigenvalue weighted by Crippen LogP contribution is -2.19. The average Bonchev–Trinajstić information content (AvgIpc) is 3.50. The number of aromatic nitrogens is 2. The zero-order chi connectivity index (χ0) is 24.4. The van der Waals surface area contributed by atoms with Gasteiger partial charge in [0.2, 0.25) is 5.95 Å². The molecule has 3 aromatic heterocycles. The van der Waals surface area contributed by atoms with E-state index in [9.17, 15) is 4.79 Å². The largest absolute Gasteiger partial charge is 0.497 e. The number of hydrogen-bond acceptors (Lipinski definition) is 7. The van der Waals surface area contributed by atoms with E-state index in [1.807, 2.05) is 44.2 Å². The standard InChI is InChI=1S/C27H28N4O3S/c1-16-15-17(2)29-27(28-16)30-24(18-10-12-19(33-3)13-11-18)23-20-7-4-5-9-22(20)35-26(23)31-25(32)21-8-6-14-34-21/h6,8,10-15,24H,4-5,7,9H2,1-3H3,(H,31,32)(H,28,29,30). The molecule has 5 rings (SSSR count). The van der Waals surface area contributed by atoms with Crippen molar-refractivity contribution in [2.75, 3.05) is 17.7 Å². The second-order valence-corrected chi connectivity index (χ2v) is 9.82. The first-order valence-electron chi connectivity index (χ1n) is 11.7. The predicted octanol–water partition coefficient (Wildman–Crippen LogP) is 6.09. The van der Waals surface area contributed by atoms with E-state index in [4.69, 9.17) is 9.15 Å². The van der Waals surface area contributed by atoms with Gasteiger partial charge >= 0.3 is 0 Å². The smallest absolute Gasteiger partial charge is 0.291 e. The van der Waals surface area contributed by atoms with E-state index in [1.165, 1.54) is 16.7 Å². The summed E-state index contributed by atoms with van der Waals surface area (Å²) in [5, 5.41) is 7.55. The van der Waals surface area contributed by atoms with Gasteiger partial charge < -0.3 is 19.8 Å². The minimum absolute atomic E-state index is 0.257. The third-order valence-electron chi connectivity index (χ3n) is 6.18. The van der Waals surface area contributed by atoms with Gasteiger partial charge in [0, 0.05) is 21.8 Å². The first-order valence-corrected chi connectivity index (χ1v) is 12.6. The van der Waals surface area contributed by atoms with E-state index in [-0.39, 0.29) is 17.7 Å². The highest BCUT2D eigenvalue weighted by atomic mass is 32.1. The van der Waals surface area contributed by atoms with Gasteiger partial charge in [-0.15, -0.1) is 11.3 Å². The van der Waals surface area contributed by atoms with E-state index in [0.717, 1.165) is 58.9 Å². The van der Waals surface area contributed by atoms with Gasteiger partial charge in [0.05, 0.1) is 19.4 Å². The molecule has 1 atom stereocenters. The number of hydrogen-bond donors (Lipinski definition) is 2. The number of ether oxygens (including phenoxy) is 1. The molecule has 8 heteroatoms. The van der Waals surface area contributed by atoms with Crippen LogP contribution in [0.1, 0.15) is 62.4 Å². The molecule has 7 nitrogen and oxygen atoms in total. The Kier molecular flexibility index (Phi) is 6.55. The Morgan fingerprint density at radius 2 is 1.83 bits per heavy atom. The fourth-order valence-corrected chi connectivity index (χ4v) is 5.92. The summed E-state index contributed by atoms with van der Waals surface area (Å²) in [4.78, 5) is 23.6. The number of thiophene rings is 1. The first-order chi connectivity index (χ1) is 17.0. The van der Waals surface area contributed by atoms with Crippen LogP contribution < -0.4 is 15.4 Å². The van der Waals surface area contributed by atoms with Crippen molar-refractivity contribution in [1.82, 2.24) is 9.97 Å². The van der Waals surface area contributed by atoms with Crippen LogP contribution in [-0.2, 0) is 12.8 Å². The molecule has 1 aliphatic rings. The van der Waals surface area contributed by atoms with Gasteiger partial charge in [-0.1, -0.05) is 12.1 Å². The van der Waals surface area contributed by atoms with Crippen molar-refractivity contribution >= 4 is 28.2 Å². The molecular formula is C27H28N4O3S. The highest BCUT2D eigenvalue weighted by molar-refractivity contribution is 7.16. The Bertz CT molecular complexity index is 1310. The molecule has 180 valence electrons. The Morgan fingerprint density at radius 3 is 2.51 bits per heavy atom. The van der Waals surface area contributed by atoms with Crippen molar-refractivity contribution in [3.8, 4) is 5.75 Å². The Hall–Kier alpha value is -3.65. The molecule has 1 aliphatic carbocycles. The molecule has 1 amide bonds. The minimum atomic E-state index is -0.258. The van der Waals surface area contributed by atoms with Crippen molar-refractivity contribution < 1.29 is 13.9 Å². The normalized spacial score (nSPS) is 13.7. The summed E-state index contributed by atoms with van der Waals surface area (Å²) in [5.74, 6) is 1.37. The van der Waals surface area contributed by atoms with E-state index in [2.05, 4.69) is 20.6 Å². The molecule has 1 aromatic carbocycles. The average molecular weight is 489 g/mol. The maximum absolute atomic E-state index is 13.0. The molecule has 0 radical (unpaired) electrons. The maximum Gasteiger partial charge on any atom is 0.291 e. The number of fused-ring (bicyclic) bond motifs is 1. The summed E-state index contributed by atoms with van der Waals surface area (Å²) in [6, 6.07) is 13.1. The molecule has 0 aliphatic heterocycles. The summed E-state index contributed by atoms with van der Waals surface area (Å²) in [7, 11) is 1.66. The summed E-state index contributed by atoms with van der Waals surface area (Å²) >= 11 is 1.66. The fraction of sp³-hybridized carbons (Fsp3) is 0.296. The molecule has 3 heterocycles. The van der Waals surface area contributed by atoms with Crippen LogP contribution in [0.3, 0.4) is 0 Å². The predicted molar refractivity (Wildman–Crippen MR) is 138 cm³/mol. The third kappa shape index (κ3) is 4.93. The van der Waals surface area contributed by atoms with Gasteiger partial charge in [-0.3, -0.25) is 4.79 Å². The highest BCUT2D eigenvalue weighted by Crippen LogP contribution is 2.44. The molecule has 0 fully saturated rings. The number of methoxy groups -OCH3 is 1. The number of furan rings is 1. The lowest BCUT2D eigenvalue weighted by molar-refractivity contribution is 0.0997. The van der Waals surface area contributed by atoms with E-state index < -0.39 is 0 Å². The fourth-order valence-electron chi connectivity index (χ4n) is 4.60. The SMILES string of the molecule is COc1ccc(C(Nc2nc(C)cc(C)n2)c2c(NC(=O)c3ccco3)sc3c2CCCC3)cc1. The summed E-state index contributed by atoms with van der Waals surface area (Å²) in [6.07, 6.45) is 5.77. The number of aryl methyl sites for hydroxylation is 3. The van der Waals surface area contributed by atoms with E-state index >= 15 is 0 Å². The number of nitrogens with zero attached hydrogens (tertiary/aromatic N) is 2. The molecule has 0 saturated heterocycles. The van der Waals surface area contributed by atoms with Gasteiger partial charge in [-0.05, 0) is 81.0 Å². The van der Waals surface area contributed by atoms with E-state index in [1.54, 1.807) is 30.6 Å². The zero-order valence-electron chi connectivity index (χ0n) is 20.1. The van der Waals surface area contributed by atoms with Crippen LogP contribution in [0.15, 0.2) is 53.1 Å². The summed E-state index contributed by atoms with van der Waals surface area (Å²) in [6.45, 7) is 3.92. The maximum atomic E-state index is 13.0. The zero-order valence-corrected chi connectivity index (χ0v) is 20.9. The first kappa shape index (κ1) is 23.1. The molecular weight excluding hydrogens is 460 g/mol. The van der Waals surface area contributed by atoms with Crippen LogP contribution in [0.4, 0.5) is 10.9 Å². The third-order valence-corrected chi connectivity index (χ3v) is 7.40. The number of benzene rings is 1. The van der Waals surface area contributed by atoms with Crippen molar-refractivity contribution in [1.29, 1.82) is 0 Å². The van der Waals surface area contributed by atoms with Gasteiger partial charge in [-0.25, -0.2) is 9.97 Å². The van der Waals surface area contributed by atoms with Crippen LogP contribution >= 0.6 is 11.3 Å². The number of carbonyl (C=O) groups excluding carboxylic acids is 1. The van der Waals surface area contributed by atoms with Gasteiger partial charge in [-0.2, -0.15) is 0 Å². The molecule has 35 heavy (non-hydrogen) atoms. The Labute approximate surface area is 208 Å². The number of nitrogens with one attached hydrogen (secondary N) is 2. The van der Waals surface area contributed by atoms with Crippen LogP contribution in [0.5, 0.6) is 5.75 Å². The molecule has 0 saturated carbocycles. The van der Waals surface area contributed by atoms with Crippen molar-refractivity contribution in [2.45, 2.75) is 45.6 Å². The number of anilines is 2. The van der Waals surface area contributed by atoms with Gasteiger partial charge in [0.1, 0.15) is 10.8 Å². The van der Waals surface area contributed by atoms with Crippen molar-refractivity contribution in [2.24, 2.45) is 0 Å². The molecule has 0 bridgehead atoms. The van der Waals surface area contributed by atoms with Crippen LogP contribution in [0.25, 0.3) is 0 Å². The highest BCUT2D eigenvalue weighted by Gasteiger charge is 2.29. The lowest BCUT2D eigenvalue weighted by Gasteiger charge is -2.24. The quantitative estimate of drug-likeness (QED) is 0.327. The van der Waals surface area contributed by atoms with Gasteiger partial charge in [0.15, 0.2) is 5.76 Å². The minimum Gasteiger partial charge on any atom is -0.497 e. The topological polar surface area (TPSA) is 89.3 Å². The van der Waals surface area contributed by atoms with Gasteiger partial charge in [0.25, 0.3) is 5.91 Å². The second-order valence-electron chi connectivity index (χ2n) is 8.71. The molecule has 2 N–H and O–H groups in total.